The Morgan fingerprint density at radius 1 is 1.08 bits per heavy atom. The van der Waals surface area contributed by atoms with Crippen molar-refractivity contribution in [2.24, 2.45) is 0 Å². The molecule has 2 atom stereocenters. The van der Waals surface area contributed by atoms with E-state index >= 15 is 0 Å². The van der Waals surface area contributed by atoms with Gasteiger partial charge in [-0.3, -0.25) is 0 Å². The highest BCUT2D eigenvalue weighted by molar-refractivity contribution is 5.71. The Bertz CT molecular complexity index is 841. The quantitative estimate of drug-likeness (QED) is 0.788. The third-order valence-corrected chi connectivity index (χ3v) is 4.16. The Hall–Kier alpha value is -2.69. The van der Waals surface area contributed by atoms with Crippen molar-refractivity contribution < 1.29 is 18.3 Å². The minimum Gasteiger partial charge on any atom is -0.444 e. The number of amides is 1. The van der Waals surface area contributed by atoms with Gasteiger partial charge in [-0.15, -0.1) is 0 Å². The zero-order valence-electron chi connectivity index (χ0n) is 14.9. The molecule has 2 aromatic rings. The van der Waals surface area contributed by atoms with Crippen molar-refractivity contribution in [3.63, 3.8) is 0 Å². The monoisotopic (exact) mass is 357 g/mol. The third-order valence-electron chi connectivity index (χ3n) is 4.16. The van der Waals surface area contributed by atoms with Crippen LogP contribution in [-0.4, -0.2) is 11.7 Å². The number of benzene rings is 2. The smallest absolute Gasteiger partial charge is 0.408 e. The largest absolute Gasteiger partial charge is 0.444 e. The molecule has 136 valence electrons. The van der Waals surface area contributed by atoms with E-state index in [1.807, 2.05) is 36.4 Å². The van der Waals surface area contributed by atoms with Gasteiger partial charge >= 0.3 is 6.09 Å². The van der Waals surface area contributed by atoms with E-state index in [1.54, 1.807) is 26.8 Å². The molecule has 2 aromatic carbocycles. The predicted molar refractivity (Wildman–Crippen MR) is 96.7 cm³/mol. The molecule has 0 saturated heterocycles. The van der Waals surface area contributed by atoms with Gasteiger partial charge < -0.3 is 10.1 Å². The molecule has 1 N–H and O–H groups in total. The van der Waals surface area contributed by atoms with Crippen molar-refractivity contribution >= 4 is 12.2 Å². The molecule has 0 spiro atoms. The highest BCUT2D eigenvalue weighted by Gasteiger charge is 2.31. The third kappa shape index (κ3) is 3.93. The minimum absolute atomic E-state index is 0.221. The molecule has 26 heavy (non-hydrogen) atoms. The van der Waals surface area contributed by atoms with Crippen molar-refractivity contribution in [2.45, 2.75) is 38.3 Å². The Morgan fingerprint density at radius 3 is 2.38 bits per heavy atom. The van der Waals surface area contributed by atoms with Gasteiger partial charge in [0.15, 0.2) is 11.6 Å². The first-order chi connectivity index (χ1) is 12.2. The van der Waals surface area contributed by atoms with E-state index in [0.717, 1.165) is 17.7 Å². The summed E-state index contributed by atoms with van der Waals surface area (Å²) in [6, 6.07) is 11.3. The molecule has 0 aromatic heterocycles. The Labute approximate surface area is 151 Å². The number of fused-ring (bicyclic) bond motifs is 1. The number of nitrogens with one attached hydrogen (secondary N) is 1. The predicted octanol–water partition coefficient (Wildman–Crippen LogP) is 5.34. The maximum absolute atomic E-state index is 13.9. The summed E-state index contributed by atoms with van der Waals surface area (Å²) in [7, 11) is 0. The Balaban J connectivity index is 2.00. The lowest BCUT2D eigenvalue weighted by Gasteiger charge is -2.32. The molecule has 0 bridgehead atoms. The molecular formula is C21H21F2NO2. The molecule has 0 unspecified atom stereocenters. The molecule has 1 aliphatic carbocycles. The Kier molecular flexibility index (Phi) is 4.81. The maximum Gasteiger partial charge on any atom is 0.408 e. The zero-order chi connectivity index (χ0) is 18.9. The van der Waals surface area contributed by atoms with Gasteiger partial charge in [-0.1, -0.05) is 42.5 Å². The summed E-state index contributed by atoms with van der Waals surface area (Å²) >= 11 is 0. The number of rotatable bonds is 2. The first-order valence-corrected chi connectivity index (χ1v) is 8.46. The first-order valence-electron chi connectivity index (χ1n) is 8.46. The van der Waals surface area contributed by atoms with Crippen LogP contribution >= 0.6 is 0 Å². The van der Waals surface area contributed by atoms with Crippen molar-refractivity contribution in [1.29, 1.82) is 0 Å². The van der Waals surface area contributed by atoms with Crippen LogP contribution in [0.3, 0.4) is 0 Å². The zero-order valence-corrected chi connectivity index (χ0v) is 14.9. The van der Waals surface area contributed by atoms with E-state index < -0.39 is 29.4 Å². The van der Waals surface area contributed by atoms with Crippen LogP contribution in [0, 0.1) is 11.6 Å². The molecular weight excluding hydrogens is 336 g/mol. The van der Waals surface area contributed by atoms with E-state index in [4.69, 9.17) is 4.74 Å². The standard InChI is InChI=1S/C21H21F2NO2/c1-21(2,3)26-20(25)24-19-15(13-7-5-4-6-8-13)10-9-14-11-17(22)18(23)12-16(14)19/h4-12,15,19H,1-3H3,(H,24,25)/t15-,19+/m1/s1. The number of carbonyl (C=O) groups excluding carboxylic acids is 1. The molecule has 5 heteroatoms. The molecule has 0 fully saturated rings. The van der Waals surface area contributed by atoms with E-state index in [9.17, 15) is 13.6 Å². The van der Waals surface area contributed by atoms with Gasteiger partial charge in [0.2, 0.25) is 0 Å². The maximum atomic E-state index is 13.9. The second kappa shape index (κ2) is 6.90. The number of hydrogen-bond donors (Lipinski definition) is 1. The van der Waals surface area contributed by atoms with Crippen LogP contribution in [-0.2, 0) is 4.74 Å². The second-order valence-corrected chi connectivity index (χ2v) is 7.31. The van der Waals surface area contributed by atoms with Gasteiger partial charge in [-0.2, -0.15) is 0 Å². The molecule has 0 aliphatic heterocycles. The summed E-state index contributed by atoms with van der Waals surface area (Å²) in [6.07, 6.45) is 3.04. The molecule has 0 heterocycles. The van der Waals surface area contributed by atoms with Gasteiger partial charge in [0.25, 0.3) is 0 Å². The van der Waals surface area contributed by atoms with Crippen LogP contribution in [0.5, 0.6) is 0 Å². The van der Waals surface area contributed by atoms with Crippen LogP contribution in [0.2, 0.25) is 0 Å². The topological polar surface area (TPSA) is 38.3 Å². The van der Waals surface area contributed by atoms with E-state index in [0.29, 0.717) is 11.1 Å². The number of hydrogen-bond acceptors (Lipinski definition) is 2. The van der Waals surface area contributed by atoms with Crippen LogP contribution in [0.4, 0.5) is 13.6 Å². The molecule has 1 aliphatic rings. The lowest BCUT2D eigenvalue weighted by Crippen LogP contribution is -2.38. The summed E-state index contributed by atoms with van der Waals surface area (Å²) in [5, 5.41) is 2.83. The number of alkyl carbamates (subject to hydrolysis) is 1. The summed E-state index contributed by atoms with van der Waals surface area (Å²) in [5.41, 5.74) is 1.36. The van der Waals surface area contributed by atoms with Gasteiger partial charge in [0.05, 0.1) is 6.04 Å². The fraction of sp³-hybridized carbons (Fsp3) is 0.286. The van der Waals surface area contributed by atoms with Crippen molar-refractivity contribution in [1.82, 2.24) is 5.32 Å². The summed E-state index contributed by atoms with van der Waals surface area (Å²) in [6.45, 7) is 5.31. The SMILES string of the molecule is CC(C)(C)OC(=O)N[C@@H]1c2cc(F)c(F)cc2C=C[C@@H]1c1ccccc1. The van der Waals surface area contributed by atoms with Crippen molar-refractivity contribution in [2.75, 3.05) is 0 Å². The summed E-state index contributed by atoms with van der Waals surface area (Å²) < 4.78 is 32.8. The molecule has 0 saturated carbocycles. The summed E-state index contributed by atoms with van der Waals surface area (Å²) in [5.74, 6) is -2.08. The minimum atomic E-state index is -0.943. The van der Waals surface area contributed by atoms with Gasteiger partial charge in [0.1, 0.15) is 5.60 Å². The average Bonchev–Trinajstić information content (AvgIpc) is 2.56. The number of halogens is 2. The average molecular weight is 357 g/mol. The van der Waals surface area contributed by atoms with Crippen LogP contribution in [0.25, 0.3) is 6.08 Å². The van der Waals surface area contributed by atoms with Crippen LogP contribution < -0.4 is 5.32 Å². The number of ether oxygens (including phenoxy) is 1. The van der Waals surface area contributed by atoms with Crippen molar-refractivity contribution in [3.8, 4) is 0 Å². The second-order valence-electron chi connectivity index (χ2n) is 7.31. The van der Waals surface area contributed by atoms with E-state index in [1.165, 1.54) is 0 Å². The van der Waals surface area contributed by atoms with Crippen molar-refractivity contribution in [3.05, 3.63) is 76.9 Å². The van der Waals surface area contributed by atoms with Crippen LogP contribution in [0.15, 0.2) is 48.5 Å². The molecule has 3 rings (SSSR count). The molecule has 1 amide bonds. The first kappa shape index (κ1) is 18.1. The van der Waals surface area contributed by atoms with Crippen LogP contribution in [0.1, 0.15) is 49.4 Å². The van der Waals surface area contributed by atoms with Gasteiger partial charge in [0, 0.05) is 5.92 Å². The molecule has 3 nitrogen and oxygen atoms in total. The number of carbonyl (C=O) groups is 1. The highest BCUT2D eigenvalue weighted by Crippen LogP contribution is 2.39. The normalized spacial score (nSPS) is 19.0. The lowest BCUT2D eigenvalue weighted by atomic mass is 9.80. The fourth-order valence-corrected chi connectivity index (χ4v) is 3.08. The van der Waals surface area contributed by atoms with E-state index in [-0.39, 0.29) is 5.92 Å². The lowest BCUT2D eigenvalue weighted by molar-refractivity contribution is 0.0499. The van der Waals surface area contributed by atoms with Gasteiger partial charge in [-0.05, 0) is 49.6 Å². The van der Waals surface area contributed by atoms with Gasteiger partial charge in [-0.25, -0.2) is 13.6 Å². The molecule has 0 radical (unpaired) electrons. The summed E-state index contributed by atoms with van der Waals surface area (Å²) in [4.78, 5) is 12.3. The Morgan fingerprint density at radius 2 is 1.73 bits per heavy atom. The van der Waals surface area contributed by atoms with E-state index in [2.05, 4.69) is 5.32 Å². The highest BCUT2D eigenvalue weighted by atomic mass is 19.2. The fourth-order valence-electron chi connectivity index (χ4n) is 3.08.